The average molecular weight is 1780 g/mol. The van der Waals surface area contributed by atoms with E-state index in [9.17, 15) is 0 Å². The third-order valence-corrected chi connectivity index (χ3v) is 25.0. The van der Waals surface area contributed by atoms with E-state index in [1.165, 1.54) is 322 Å². The molecule has 0 N–H and O–H groups in total. The van der Waals surface area contributed by atoms with Crippen molar-refractivity contribution in [2.75, 3.05) is 0 Å². The Morgan fingerprint density at radius 1 is 0.141 bits per heavy atom. The van der Waals surface area contributed by atoms with Gasteiger partial charge in [-0.2, -0.15) is 0 Å². The van der Waals surface area contributed by atoms with E-state index in [2.05, 4.69) is 201 Å². The number of rotatable bonds is 72. The predicted octanol–water partition coefficient (Wildman–Crippen LogP) is 37.1. The van der Waals surface area contributed by atoms with Crippen LogP contribution in [0.2, 0.25) is 0 Å². The van der Waals surface area contributed by atoms with Gasteiger partial charge < -0.3 is 0 Å². The van der Waals surface area contributed by atoms with Crippen molar-refractivity contribution in [1.29, 1.82) is 0 Å². The van der Waals surface area contributed by atoms with Gasteiger partial charge in [-0.15, -0.1) is 118 Å². The molecule has 0 fully saturated rings. The Hall–Kier alpha value is -6.13. The summed E-state index contributed by atoms with van der Waals surface area (Å²) in [6, 6.07) is 0. The Bertz CT molecular complexity index is 3670. The van der Waals surface area contributed by atoms with Gasteiger partial charge >= 0.3 is 16.5 Å². The molecule has 0 aliphatic carbocycles. The molecule has 2 rings (SSSR count). The zero-order valence-electron chi connectivity index (χ0n) is 86.1. The molecule has 0 spiro atoms. The summed E-state index contributed by atoms with van der Waals surface area (Å²) >= 11 is 0. The van der Waals surface area contributed by atoms with E-state index in [4.69, 9.17) is 9.98 Å². The second-order valence-corrected chi connectivity index (χ2v) is 36.5. The maximum absolute atomic E-state index is 6.73. The molecule has 0 aliphatic rings. The average Bonchev–Trinajstić information content (AvgIpc) is 0.764. The van der Waals surface area contributed by atoms with Crippen LogP contribution < -0.4 is 0 Å². The van der Waals surface area contributed by atoms with E-state index < -0.39 is 0 Å². The van der Waals surface area contributed by atoms with Crippen LogP contribution >= 0.6 is 0 Å². The topological polar surface area (TPSA) is 24.7 Å². The molecule has 2 aromatic rings. The zero-order chi connectivity index (χ0) is 91.5. The van der Waals surface area contributed by atoms with E-state index in [1.807, 2.05) is 0 Å². The summed E-state index contributed by atoms with van der Waals surface area (Å²) in [6.07, 6.45) is 85.1. The molecule has 0 atom stereocenters. The molecule has 3 heteroatoms. The SMILES string of the molecule is CCCCCCC#CCCc1c(CCC#CCCCCCC)c(CCC#CCCCCCC)c(N=C(CCCCC)C(CCCCCC)=Nc2c(CCC#CCCCCCC)c(CCC#CCCCCCC)c(CCC#CCCCCCC)c(CCC#CCCCCCC)c2CCC#CCCCCCC)c(CCC#CCCCCCC)c1CCC#CCCCCCC.[Ni+2]. The van der Waals surface area contributed by atoms with Gasteiger partial charge in [-0.25, -0.2) is 0 Å². The van der Waals surface area contributed by atoms with Crippen molar-refractivity contribution in [2.45, 2.75) is 590 Å². The summed E-state index contributed by atoms with van der Waals surface area (Å²) in [4.78, 5) is 13.5. The smallest absolute Gasteiger partial charge is 0.251 e. The minimum Gasteiger partial charge on any atom is -0.251 e. The summed E-state index contributed by atoms with van der Waals surface area (Å²) in [5.74, 6) is 76.1. The Kier molecular flexibility index (Phi) is 86.8. The fourth-order valence-electron chi connectivity index (χ4n) is 17.3. The molecule has 712 valence electrons. The van der Waals surface area contributed by atoms with Crippen LogP contribution in [0.15, 0.2) is 9.98 Å². The van der Waals surface area contributed by atoms with Gasteiger partial charge in [-0.05, 0) is 210 Å². The normalized spacial score (nSPS) is 10.8. The van der Waals surface area contributed by atoms with Gasteiger partial charge in [0.2, 0.25) is 0 Å². The molecule has 0 heterocycles. The molecule has 128 heavy (non-hydrogen) atoms. The third-order valence-electron chi connectivity index (χ3n) is 25.0. The van der Waals surface area contributed by atoms with Crippen molar-refractivity contribution < 1.29 is 16.5 Å². The third kappa shape index (κ3) is 62.3. The van der Waals surface area contributed by atoms with E-state index in [-0.39, 0.29) is 16.5 Å². The van der Waals surface area contributed by atoms with E-state index in [1.54, 1.807) is 0 Å². The van der Waals surface area contributed by atoms with Gasteiger partial charge in [-0.3, -0.25) is 9.98 Å². The number of unbranched alkanes of at least 4 members (excludes halogenated alkanes) is 45. The van der Waals surface area contributed by atoms with Gasteiger partial charge in [-0.1, -0.05) is 308 Å². The van der Waals surface area contributed by atoms with Gasteiger partial charge in [0.15, 0.2) is 0 Å². The quantitative estimate of drug-likeness (QED) is 0.0273. The van der Waals surface area contributed by atoms with Crippen LogP contribution in [0.1, 0.15) is 582 Å². The van der Waals surface area contributed by atoms with Crippen LogP contribution in [0.4, 0.5) is 11.4 Å². The minimum atomic E-state index is 0. The largest absolute Gasteiger partial charge is 2.00 e. The Morgan fingerprint density at radius 2 is 0.258 bits per heavy atom. The van der Waals surface area contributed by atoms with Crippen LogP contribution in [0.5, 0.6) is 0 Å². The van der Waals surface area contributed by atoms with Crippen LogP contribution in [-0.2, 0) is 80.7 Å². The molecule has 0 aromatic heterocycles. The first kappa shape index (κ1) is 120. The second-order valence-electron chi connectivity index (χ2n) is 36.5. The van der Waals surface area contributed by atoms with Crippen molar-refractivity contribution in [1.82, 2.24) is 0 Å². The first-order valence-electron chi connectivity index (χ1n) is 54.9. The van der Waals surface area contributed by atoms with Crippen molar-refractivity contribution in [3.63, 3.8) is 0 Å². The van der Waals surface area contributed by atoms with E-state index >= 15 is 0 Å². The summed E-state index contributed by atoms with van der Waals surface area (Å²) in [5.41, 5.74) is 19.3. The van der Waals surface area contributed by atoms with Gasteiger partial charge in [0, 0.05) is 128 Å². The van der Waals surface area contributed by atoms with Gasteiger partial charge in [0.05, 0.1) is 22.8 Å². The molecule has 2 nitrogen and oxygen atoms in total. The van der Waals surface area contributed by atoms with Gasteiger partial charge in [0.1, 0.15) is 0 Å². The molecule has 0 aliphatic heterocycles. The first-order chi connectivity index (χ1) is 62.9. The maximum Gasteiger partial charge on any atom is 2.00 e. The zero-order valence-corrected chi connectivity index (χ0v) is 87.1. The Labute approximate surface area is 808 Å². The molecule has 0 radical (unpaired) electrons. The van der Waals surface area contributed by atoms with Crippen molar-refractivity contribution >= 4 is 22.8 Å². The number of hydrogen-bond donors (Lipinski definition) is 0. The van der Waals surface area contributed by atoms with E-state index in [0.29, 0.717) is 0 Å². The number of nitrogens with zero attached hydrogens (tertiary/aromatic N) is 2. The van der Waals surface area contributed by atoms with E-state index in [0.717, 1.165) is 263 Å². The fourth-order valence-corrected chi connectivity index (χ4v) is 17.3. The monoisotopic (exact) mass is 1780 g/mol. The molecule has 2 aromatic carbocycles. The molecule has 0 bridgehead atoms. The first-order valence-corrected chi connectivity index (χ1v) is 54.9. The number of benzene rings is 2. The Balaban J connectivity index is 0.0000819. The molecule has 0 saturated heterocycles. The van der Waals surface area contributed by atoms with Crippen molar-refractivity contribution in [2.24, 2.45) is 9.98 Å². The summed E-state index contributed by atoms with van der Waals surface area (Å²) in [7, 11) is 0. The molecule has 0 unspecified atom stereocenters. The van der Waals surface area contributed by atoms with Crippen LogP contribution in [0.3, 0.4) is 0 Å². The summed E-state index contributed by atoms with van der Waals surface area (Å²) < 4.78 is 0. The number of hydrogen-bond acceptors (Lipinski definition) is 2. The number of aliphatic imine (C=N–C) groups is 2. The maximum atomic E-state index is 6.73. The molecular formula is C125H194N2Ni+2. The molecule has 0 amide bonds. The second kappa shape index (κ2) is 92.7. The predicted molar refractivity (Wildman–Crippen MR) is 569 cm³/mol. The fraction of sp³-hybridized carbons (Fsp3) is 0.728. The summed E-state index contributed by atoms with van der Waals surface area (Å²) in [5, 5.41) is 0. The van der Waals surface area contributed by atoms with Crippen molar-refractivity contribution in [3.8, 4) is 118 Å². The molecular weight excluding hydrogens is 1590 g/mol. The Morgan fingerprint density at radius 3 is 0.414 bits per heavy atom. The van der Waals surface area contributed by atoms with Gasteiger partial charge in [0.25, 0.3) is 0 Å². The summed E-state index contributed by atoms with van der Waals surface area (Å²) in [6.45, 7) is 27.9. The van der Waals surface area contributed by atoms with Crippen LogP contribution in [-0.4, -0.2) is 11.4 Å². The van der Waals surface area contributed by atoms with Crippen molar-refractivity contribution in [3.05, 3.63) is 55.6 Å². The van der Waals surface area contributed by atoms with Crippen LogP contribution in [0.25, 0.3) is 0 Å². The molecule has 0 saturated carbocycles. The van der Waals surface area contributed by atoms with Crippen LogP contribution in [0, 0.1) is 118 Å². The standard InChI is InChI=1S/C125H194N2.Ni/c1-13-25-37-48-58-68-78-89-100-112-114(102-91-80-70-60-50-39-27-15-3)118(106-95-84-74-64-54-43-31-19-7)124(119(107-96-85-75-65-55-44-32-20-8)115(112)103-92-81-71-61-51-40-28-16-4)126-122(110-88-36-24-12)123(111-99-47-35-23-11)127-125-120(108-97-86-76-66-56-45-33-21-9)116(104-93-82-72-62-52-41-29-17-5)113(101-90-79-69-59-49-38-26-14-2)117(105-94-83-73-63-53-42-30-18-6)121(125)109-98-87-77-67-57-46-34-22-10;/h13-67,88-111H2,1-12H3;/q;+2. The minimum absolute atomic E-state index is 0.